The van der Waals surface area contributed by atoms with Crippen LogP contribution in [0.25, 0.3) is 11.3 Å². The first-order valence-electron chi connectivity index (χ1n) is 12.6. The van der Waals surface area contributed by atoms with Crippen LogP contribution >= 0.6 is 23.4 Å². The fourth-order valence-corrected chi connectivity index (χ4v) is 6.83. The Bertz CT molecular complexity index is 1690. The van der Waals surface area contributed by atoms with Gasteiger partial charge in [-0.3, -0.25) is 9.10 Å². The molecule has 0 saturated carbocycles. The number of carbonyl (C=O) groups is 1. The minimum absolute atomic E-state index is 0.00748. The number of hydrogen-bond acceptors (Lipinski definition) is 8. The van der Waals surface area contributed by atoms with E-state index in [9.17, 15) is 13.2 Å². The number of anilines is 1. The predicted molar refractivity (Wildman–Crippen MR) is 159 cm³/mol. The minimum Gasteiger partial charge on any atom is -0.493 e. The third-order valence-corrected chi connectivity index (χ3v) is 9.33. The summed E-state index contributed by atoms with van der Waals surface area (Å²) in [7, 11) is -0.789. The van der Waals surface area contributed by atoms with Gasteiger partial charge in [0.1, 0.15) is 4.90 Å². The summed E-state index contributed by atoms with van der Waals surface area (Å²) >= 11 is 7.44. The summed E-state index contributed by atoms with van der Waals surface area (Å²) in [5, 5.41) is 3.63. The Labute approximate surface area is 247 Å². The molecule has 0 saturated heterocycles. The van der Waals surface area contributed by atoms with E-state index >= 15 is 0 Å². The molecule has 0 bridgehead atoms. The standard InChI is InChI=1S/C29H27ClN4O5S2/c1-38-24-11-8-19(14-25(24)39-2)12-13-31-27(35)18-40-29-32-16-26-28(33-29)22-15-21(30)9-10-23(22)34(41(26,36)37)17-20-6-4-3-5-7-20/h3-11,14-16H,12-13,17-18H2,1-2H3,(H,31,35). The first-order valence-corrected chi connectivity index (χ1v) is 15.4. The number of amides is 1. The highest BCUT2D eigenvalue weighted by Crippen LogP contribution is 2.44. The Balaban J connectivity index is 1.29. The Morgan fingerprint density at radius 2 is 1.78 bits per heavy atom. The van der Waals surface area contributed by atoms with Gasteiger partial charge >= 0.3 is 0 Å². The van der Waals surface area contributed by atoms with E-state index in [1.165, 1.54) is 10.5 Å². The van der Waals surface area contributed by atoms with Crippen molar-refractivity contribution in [2.45, 2.75) is 23.0 Å². The predicted octanol–water partition coefficient (Wildman–Crippen LogP) is 4.97. The van der Waals surface area contributed by atoms with Gasteiger partial charge in [-0.2, -0.15) is 0 Å². The number of carbonyl (C=O) groups excluding carboxylic acids is 1. The zero-order valence-electron chi connectivity index (χ0n) is 22.3. The van der Waals surface area contributed by atoms with Gasteiger partial charge in [-0.1, -0.05) is 59.8 Å². The quantitative estimate of drug-likeness (QED) is 0.198. The third kappa shape index (κ3) is 6.27. The van der Waals surface area contributed by atoms with Crippen molar-refractivity contribution in [1.82, 2.24) is 15.3 Å². The molecule has 0 aliphatic carbocycles. The second kappa shape index (κ2) is 12.4. The van der Waals surface area contributed by atoms with E-state index in [2.05, 4.69) is 15.3 Å². The number of hydrogen-bond donors (Lipinski definition) is 1. The lowest BCUT2D eigenvalue weighted by atomic mass is 10.1. The average molecular weight is 611 g/mol. The van der Waals surface area contributed by atoms with E-state index in [1.807, 2.05) is 48.5 Å². The molecule has 12 heteroatoms. The van der Waals surface area contributed by atoms with Crippen LogP contribution in [0.1, 0.15) is 11.1 Å². The molecule has 9 nitrogen and oxygen atoms in total. The molecule has 2 heterocycles. The van der Waals surface area contributed by atoms with Gasteiger partial charge in [0, 0.05) is 17.1 Å². The maximum Gasteiger partial charge on any atom is 0.268 e. The van der Waals surface area contributed by atoms with Crippen molar-refractivity contribution >= 4 is 45.0 Å². The molecule has 0 atom stereocenters. The number of benzene rings is 3. The molecule has 1 amide bonds. The number of rotatable bonds is 10. The van der Waals surface area contributed by atoms with Crippen LogP contribution in [0.2, 0.25) is 5.02 Å². The highest BCUT2D eigenvalue weighted by Gasteiger charge is 2.37. The summed E-state index contributed by atoms with van der Waals surface area (Å²) in [4.78, 5) is 21.3. The van der Waals surface area contributed by atoms with Gasteiger partial charge < -0.3 is 14.8 Å². The molecular formula is C29H27ClN4O5S2. The van der Waals surface area contributed by atoms with Crippen molar-refractivity contribution < 1.29 is 22.7 Å². The molecule has 0 fully saturated rings. The van der Waals surface area contributed by atoms with Crippen LogP contribution in [0.4, 0.5) is 5.69 Å². The summed E-state index contributed by atoms with van der Waals surface area (Å²) in [5.41, 5.74) is 3.16. The first kappa shape index (κ1) is 28.7. The van der Waals surface area contributed by atoms with Crippen molar-refractivity contribution in [3.05, 3.63) is 89.1 Å². The summed E-state index contributed by atoms with van der Waals surface area (Å²) in [6, 6.07) is 20.0. The van der Waals surface area contributed by atoms with Crippen molar-refractivity contribution in [3.63, 3.8) is 0 Å². The molecule has 4 aromatic rings. The molecular weight excluding hydrogens is 584 g/mol. The molecule has 41 heavy (non-hydrogen) atoms. The van der Waals surface area contributed by atoms with Gasteiger partial charge in [0.25, 0.3) is 10.0 Å². The Kier molecular flexibility index (Phi) is 8.67. The lowest BCUT2D eigenvalue weighted by Gasteiger charge is -2.31. The number of fused-ring (bicyclic) bond motifs is 3. The Morgan fingerprint density at radius 3 is 2.54 bits per heavy atom. The van der Waals surface area contributed by atoms with Crippen LogP contribution in [0.5, 0.6) is 11.5 Å². The lowest BCUT2D eigenvalue weighted by molar-refractivity contribution is -0.118. The van der Waals surface area contributed by atoms with Crippen LogP contribution < -0.4 is 19.1 Å². The molecule has 0 unspecified atom stereocenters. The molecule has 3 aromatic carbocycles. The van der Waals surface area contributed by atoms with Crippen molar-refractivity contribution in [1.29, 1.82) is 0 Å². The van der Waals surface area contributed by atoms with Gasteiger partial charge in [0.05, 0.1) is 44.1 Å². The molecule has 1 N–H and O–H groups in total. The number of thioether (sulfide) groups is 1. The van der Waals surface area contributed by atoms with E-state index in [0.29, 0.717) is 40.7 Å². The Morgan fingerprint density at radius 1 is 1.00 bits per heavy atom. The fraction of sp³-hybridized carbons (Fsp3) is 0.207. The zero-order valence-corrected chi connectivity index (χ0v) is 24.7. The number of sulfonamides is 1. The lowest BCUT2D eigenvalue weighted by Crippen LogP contribution is -2.34. The Hall–Kier alpha value is -3.80. The average Bonchev–Trinajstić information content (AvgIpc) is 2.98. The van der Waals surface area contributed by atoms with Gasteiger partial charge in [-0.15, -0.1) is 0 Å². The number of halogens is 1. The maximum absolute atomic E-state index is 13.7. The topological polar surface area (TPSA) is 111 Å². The van der Waals surface area contributed by atoms with E-state index in [1.54, 1.807) is 32.4 Å². The van der Waals surface area contributed by atoms with Gasteiger partial charge in [0.15, 0.2) is 16.7 Å². The van der Waals surface area contributed by atoms with Gasteiger partial charge in [-0.25, -0.2) is 18.4 Å². The molecule has 5 rings (SSSR count). The molecule has 1 aliphatic heterocycles. The normalized spacial score (nSPS) is 13.2. The van der Waals surface area contributed by atoms with E-state index < -0.39 is 10.0 Å². The monoisotopic (exact) mass is 610 g/mol. The highest BCUT2D eigenvalue weighted by atomic mass is 35.5. The second-order valence-corrected chi connectivity index (χ2v) is 12.3. The minimum atomic E-state index is -3.94. The molecule has 0 radical (unpaired) electrons. The summed E-state index contributed by atoms with van der Waals surface area (Å²) < 4.78 is 39.3. The van der Waals surface area contributed by atoms with Crippen molar-refractivity contribution in [2.24, 2.45) is 0 Å². The maximum atomic E-state index is 13.7. The summed E-state index contributed by atoms with van der Waals surface area (Å²) in [6.45, 7) is 0.582. The second-order valence-electron chi connectivity index (χ2n) is 9.10. The highest BCUT2D eigenvalue weighted by molar-refractivity contribution is 7.99. The largest absolute Gasteiger partial charge is 0.493 e. The smallest absolute Gasteiger partial charge is 0.268 e. The van der Waals surface area contributed by atoms with E-state index in [-0.39, 0.29) is 34.0 Å². The van der Waals surface area contributed by atoms with E-state index in [0.717, 1.165) is 22.9 Å². The number of aromatic nitrogens is 2. The number of nitrogens with zero attached hydrogens (tertiary/aromatic N) is 3. The summed E-state index contributed by atoms with van der Waals surface area (Å²) in [5.74, 6) is 1.15. The number of ether oxygens (including phenoxy) is 2. The van der Waals surface area contributed by atoms with Crippen LogP contribution in [0.15, 0.2) is 83.0 Å². The fourth-order valence-electron chi connectivity index (χ4n) is 4.45. The zero-order chi connectivity index (χ0) is 29.0. The molecule has 212 valence electrons. The van der Waals surface area contributed by atoms with Gasteiger partial charge in [0.2, 0.25) is 5.91 Å². The van der Waals surface area contributed by atoms with Crippen LogP contribution in [-0.2, 0) is 27.8 Å². The molecule has 1 aliphatic rings. The van der Waals surface area contributed by atoms with Crippen molar-refractivity contribution in [3.8, 4) is 22.8 Å². The number of nitrogens with one attached hydrogen (secondary N) is 1. The van der Waals surface area contributed by atoms with E-state index in [4.69, 9.17) is 21.1 Å². The number of methoxy groups -OCH3 is 2. The van der Waals surface area contributed by atoms with Gasteiger partial charge in [-0.05, 0) is 47.9 Å². The third-order valence-electron chi connectivity index (χ3n) is 6.47. The molecule has 0 spiro atoms. The SMILES string of the molecule is COc1ccc(CCNC(=O)CSc2ncc3c(n2)-c2cc(Cl)ccc2N(Cc2ccccc2)S3(=O)=O)cc1OC. The first-order chi connectivity index (χ1) is 19.8. The van der Waals surface area contributed by atoms with Crippen LogP contribution in [0.3, 0.4) is 0 Å². The van der Waals surface area contributed by atoms with Crippen LogP contribution in [0, 0.1) is 0 Å². The van der Waals surface area contributed by atoms with Crippen LogP contribution in [-0.4, -0.2) is 50.8 Å². The van der Waals surface area contributed by atoms with Crippen molar-refractivity contribution in [2.75, 3.05) is 30.8 Å². The summed E-state index contributed by atoms with van der Waals surface area (Å²) in [6.07, 6.45) is 1.91. The molecule has 1 aromatic heterocycles.